The molecule has 0 heterocycles. The van der Waals surface area contributed by atoms with Crippen molar-refractivity contribution in [2.75, 3.05) is 13.2 Å². The second kappa shape index (κ2) is 61.4. The SMILES string of the molecule is CC/C=C\C/C=C\C/C=C\C/C=C\C/C=C\CCCC(=O)OCC(COC(=O)CCCCCCCCCCCCCCCCCCCCCCCC)OC(=O)CCC/C=C\C/C=C\C/C=C\C/C=C\C/C=C\CC. The van der Waals surface area contributed by atoms with E-state index in [0.29, 0.717) is 19.3 Å². The average molecular weight is 1030 g/mol. The number of ether oxygens (including phenoxy) is 3. The summed E-state index contributed by atoms with van der Waals surface area (Å²) in [6.45, 7) is 6.33. The third kappa shape index (κ3) is 58.7. The van der Waals surface area contributed by atoms with E-state index in [0.717, 1.165) is 96.3 Å². The fourth-order valence-corrected chi connectivity index (χ4v) is 8.22. The van der Waals surface area contributed by atoms with Crippen LogP contribution in [0.25, 0.3) is 0 Å². The second-order valence-electron chi connectivity index (χ2n) is 19.9. The maximum Gasteiger partial charge on any atom is 0.306 e. The van der Waals surface area contributed by atoms with Gasteiger partial charge >= 0.3 is 17.9 Å². The van der Waals surface area contributed by atoms with Crippen LogP contribution in [0.3, 0.4) is 0 Å². The van der Waals surface area contributed by atoms with E-state index in [1.54, 1.807) is 0 Å². The zero-order valence-electron chi connectivity index (χ0n) is 48.1. The fourth-order valence-electron chi connectivity index (χ4n) is 8.22. The van der Waals surface area contributed by atoms with Gasteiger partial charge in [-0.25, -0.2) is 0 Å². The molecule has 0 saturated heterocycles. The molecule has 0 aromatic heterocycles. The van der Waals surface area contributed by atoms with Crippen molar-refractivity contribution in [1.82, 2.24) is 0 Å². The van der Waals surface area contributed by atoms with Crippen LogP contribution in [0.2, 0.25) is 0 Å². The van der Waals surface area contributed by atoms with Crippen LogP contribution in [0, 0.1) is 0 Å². The Morgan fingerprint density at radius 3 is 0.824 bits per heavy atom. The van der Waals surface area contributed by atoms with Gasteiger partial charge in [-0.2, -0.15) is 0 Å². The van der Waals surface area contributed by atoms with Crippen LogP contribution in [0.5, 0.6) is 0 Å². The molecule has 0 saturated carbocycles. The lowest BCUT2D eigenvalue weighted by atomic mass is 10.0. The molecule has 0 aromatic carbocycles. The molecule has 0 aliphatic carbocycles. The molecule has 0 rings (SSSR count). The zero-order valence-corrected chi connectivity index (χ0v) is 48.1. The highest BCUT2D eigenvalue weighted by Gasteiger charge is 2.19. The normalized spacial score (nSPS) is 13.0. The van der Waals surface area contributed by atoms with E-state index >= 15 is 0 Å². The molecule has 6 heteroatoms. The molecule has 0 aliphatic rings. The van der Waals surface area contributed by atoms with E-state index in [2.05, 4.69) is 142 Å². The summed E-state index contributed by atoms with van der Waals surface area (Å²) in [6.07, 6.45) is 85.0. The summed E-state index contributed by atoms with van der Waals surface area (Å²) in [5, 5.41) is 0. The molecule has 0 spiro atoms. The highest BCUT2D eigenvalue weighted by atomic mass is 16.6. The Labute approximate surface area is 456 Å². The van der Waals surface area contributed by atoms with Gasteiger partial charge in [-0.1, -0.05) is 277 Å². The van der Waals surface area contributed by atoms with Crippen LogP contribution in [0.4, 0.5) is 0 Å². The molecule has 420 valence electrons. The third-order valence-electron chi connectivity index (χ3n) is 12.7. The maximum atomic E-state index is 12.9. The zero-order chi connectivity index (χ0) is 53.6. The lowest BCUT2D eigenvalue weighted by molar-refractivity contribution is -0.167. The topological polar surface area (TPSA) is 78.9 Å². The summed E-state index contributed by atoms with van der Waals surface area (Å²) in [7, 11) is 0. The Balaban J connectivity index is 4.49. The first-order chi connectivity index (χ1) is 36.5. The van der Waals surface area contributed by atoms with Crippen molar-refractivity contribution in [2.45, 2.75) is 277 Å². The van der Waals surface area contributed by atoms with Gasteiger partial charge in [0.15, 0.2) is 6.10 Å². The second-order valence-corrected chi connectivity index (χ2v) is 19.9. The van der Waals surface area contributed by atoms with Crippen molar-refractivity contribution in [3.8, 4) is 0 Å². The number of unbranched alkanes of at least 4 members (excludes halogenated alkanes) is 23. The van der Waals surface area contributed by atoms with Crippen molar-refractivity contribution in [2.24, 2.45) is 0 Å². The Hall–Kier alpha value is -4.19. The predicted molar refractivity (Wildman–Crippen MR) is 320 cm³/mol. The monoisotopic (exact) mass is 1020 g/mol. The van der Waals surface area contributed by atoms with E-state index in [-0.39, 0.29) is 44.0 Å². The van der Waals surface area contributed by atoms with Gasteiger partial charge in [0.1, 0.15) is 13.2 Å². The van der Waals surface area contributed by atoms with Crippen LogP contribution in [-0.2, 0) is 28.6 Å². The van der Waals surface area contributed by atoms with Gasteiger partial charge in [-0.05, 0) is 96.3 Å². The Morgan fingerprint density at radius 1 is 0.284 bits per heavy atom. The molecular formula is C68H112O6. The molecule has 0 amide bonds. The van der Waals surface area contributed by atoms with Crippen molar-refractivity contribution >= 4 is 17.9 Å². The number of hydrogen-bond acceptors (Lipinski definition) is 6. The minimum absolute atomic E-state index is 0.119. The van der Waals surface area contributed by atoms with E-state index < -0.39 is 6.10 Å². The van der Waals surface area contributed by atoms with E-state index in [1.807, 2.05) is 0 Å². The number of hydrogen-bond donors (Lipinski definition) is 0. The minimum atomic E-state index is -0.834. The number of allylic oxidation sites excluding steroid dienone is 20. The molecule has 0 N–H and O–H groups in total. The molecule has 0 fully saturated rings. The van der Waals surface area contributed by atoms with Gasteiger partial charge in [0.25, 0.3) is 0 Å². The van der Waals surface area contributed by atoms with Crippen LogP contribution in [0.15, 0.2) is 122 Å². The van der Waals surface area contributed by atoms with Crippen LogP contribution >= 0.6 is 0 Å². The first kappa shape index (κ1) is 69.8. The first-order valence-corrected chi connectivity index (χ1v) is 30.5. The molecule has 0 aliphatic heterocycles. The molecule has 74 heavy (non-hydrogen) atoms. The molecule has 0 aromatic rings. The molecule has 1 atom stereocenters. The molecule has 6 nitrogen and oxygen atoms in total. The fraction of sp³-hybridized carbons (Fsp3) is 0.662. The molecular weight excluding hydrogens is 913 g/mol. The van der Waals surface area contributed by atoms with E-state index in [9.17, 15) is 14.4 Å². The Kier molecular flexibility index (Phi) is 57.9. The number of carbonyl (C=O) groups is 3. The third-order valence-corrected chi connectivity index (χ3v) is 12.7. The van der Waals surface area contributed by atoms with Crippen molar-refractivity contribution in [3.63, 3.8) is 0 Å². The average Bonchev–Trinajstić information content (AvgIpc) is 3.40. The largest absolute Gasteiger partial charge is 0.462 e. The summed E-state index contributed by atoms with van der Waals surface area (Å²) >= 11 is 0. The highest BCUT2D eigenvalue weighted by Crippen LogP contribution is 2.16. The predicted octanol–water partition coefficient (Wildman–Crippen LogP) is 20.8. The summed E-state index contributed by atoms with van der Waals surface area (Å²) in [6, 6.07) is 0. The van der Waals surface area contributed by atoms with E-state index in [4.69, 9.17) is 14.2 Å². The Bertz CT molecular complexity index is 1550. The van der Waals surface area contributed by atoms with Gasteiger partial charge < -0.3 is 14.2 Å². The van der Waals surface area contributed by atoms with E-state index in [1.165, 1.54) is 122 Å². The first-order valence-electron chi connectivity index (χ1n) is 30.5. The molecule has 0 radical (unpaired) electrons. The van der Waals surface area contributed by atoms with Crippen LogP contribution in [-0.4, -0.2) is 37.2 Å². The van der Waals surface area contributed by atoms with Gasteiger partial charge in [0.2, 0.25) is 0 Å². The summed E-state index contributed by atoms with van der Waals surface area (Å²) in [5.41, 5.74) is 0. The number of carbonyl (C=O) groups excluding carboxylic acids is 3. The van der Waals surface area contributed by atoms with Gasteiger partial charge in [0, 0.05) is 19.3 Å². The van der Waals surface area contributed by atoms with Crippen molar-refractivity contribution in [3.05, 3.63) is 122 Å². The lowest BCUT2D eigenvalue weighted by Gasteiger charge is -2.18. The number of esters is 3. The smallest absolute Gasteiger partial charge is 0.306 e. The molecule has 1 unspecified atom stereocenters. The quantitative estimate of drug-likeness (QED) is 0.0261. The van der Waals surface area contributed by atoms with Gasteiger partial charge in [-0.3, -0.25) is 14.4 Å². The minimum Gasteiger partial charge on any atom is -0.462 e. The maximum absolute atomic E-state index is 12.9. The lowest BCUT2D eigenvalue weighted by Crippen LogP contribution is -2.30. The van der Waals surface area contributed by atoms with Crippen LogP contribution < -0.4 is 0 Å². The van der Waals surface area contributed by atoms with Crippen molar-refractivity contribution < 1.29 is 28.6 Å². The standard InChI is InChI=1S/C68H112O6/c1-4-7-10-13-16-19-22-25-28-31-32-33-34-35-38-40-43-46-49-52-55-58-61-67(70)73-64-65(74-68(71)62-59-56-53-50-47-44-41-37-30-27-24-21-18-15-12-9-6-3)63-72-66(69)60-57-54-51-48-45-42-39-36-29-26-23-20-17-14-11-8-5-2/h8-9,11-12,17-18,20-21,26-27,29-30,39,41-42,44,48,50-51,53,65H,4-7,10,13-16,19,22-25,28,31-38,40,43,45-47,49,52,54-64H2,1-3H3/b11-8-,12-9-,20-17-,21-18-,29-26-,30-27-,42-39-,44-41-,51-48-,53-50-. The summed E-state index contributed by atoms with van der Waals surface area (Å²) in [5.74, 6) is -1.04. The molecule has 0 bridgehead atoms. The van der Waals surface area contributed by atoms with Gasteiger partial charge in [-0.15, -0.1) is 0 Å². The van der Waals surface area contributed by atoms with Crippen LogP contribution in [0.1, 0.15) is 271 Å². The summed E-state index contributed by atoms with van der Waals surface area (Å²) < 4.78 is 16.8. The highest BCUT2D eigenvalue weighted by molar-refractivity contribution is 5.71. The van der Waals surface area contributed by atoms with Gasteiger partial charge in [0.05, 0.1) is 0 Å². The van der Waals surface area contributed by atoms with Crippen molar-refractivity contribution in [1.29, 1.82) is 0 Å². The summed E-state index contributed by atoms with van der Waals surface area (Å²) in [4.78, 5) is 38.2. The Morgan fingerprint density at radius 2 is 0.527 bits per heavy atom. The number of rotatable bonds is 54.